The van der Waals surface area contributed by atoms with E-state index in [1.807, 2.05) is 24.4 Å². The van der Waals surface area contributed by atoms with E-state index >= 15 is 0 Å². The van der Waals surface area contributed by atoms with Gasteiger partial charge in [-0.05, 0) is 26.0 Å². The van der Waals surface area contributed by atoms with Crippen molar-refractivity contribution in [3.05, 3.63) is 42.2 Å². The lowest BCUT2D eigenvalue weighted by Crippen LogP contribution is -2.01. The molecule has 0 fully saturated rings. The topological polar surface area (TPSA) is 41.6 Å². The molecule has 1 aromatic heterocycles. The highest BCUT2D eigenvalue weighted by Gasteiger charge is 2.08. The Morgan fingerprint density at radius 1 is 1.38 bits per heavy atom. The summed E-state index contributed by atoms with van der Waals surface area (Å²) in [6.07, 6.45) is 3.74. The molecule has 0 aliphatic heterocycles. The summed E-state index contributed by atoms with van der Waals surface area (Å²) in [5.74, 6) is 0.909. The standard InChI is InChI=1S/C13H13N3/c1-10(2)16-7-6-15-13(16)12-5-3-4-11(8-12)9-14/h3-8,10H,1-2H3. The number of benzene rings is 1. The Labute approximate surface area is 95.0 Å². The van der Waals surface area contributed by atoms with E-state index < -0.39 is 0 Å². The fraction of sp³-hybridized carbons (Fsp3) is 0.231. The monoisotopic (exact) mass is 211 g/mol. The van der Waals surface area contributed by atoms with Gasteiger partial charge in [-0.2, -0.15) is 5.26 Å². The molecule has 3 heteroatoms. The van der Waals surface area contributed by atoms with Crippen LogP contribution in [0.2, 0.25) is 0 Å². The van der Waals surface area contributed by atoms with Crippen molar-refractivity contribution in [1.82, 2.24) is 9.55 Å². The molecule has 16 heavy (non-hydrogen) atoms. The molecule has 2 aromatic rings. The second-order valence-electron chi connectivity index (χ2n) is 3.94. The Balaban J connectivity index is 2.51. The molecule has 80 valence electrons. The lowest BCUT2D eigenvalue weighted by atomic mass is 10.1. The van der Waals surface area contributed by atoms with Gasteiger partial charge in [0.15, 0.2) is 0 Å². The van der Waals surface area contributed by atoms with Gasteiger partial charge in [-0.3, -0.25) is 0 Å². The molecular formula is C13H13N3. The Morgan fingerprint density at radius 3 is 2.88 bits per heavy atom. The summed E-state index contributed by atoms with van der Waals surface area (Å²) in [6.45, 7) is 4.22. The first-order valence-corrected chi connectivity index (χ1v) is 5.25. The fourth-order valence-corrected chi connectivity index (χ4v) is 1.68. The van der Waals surface area contributed by atoms with Crippen LogP contribution >= 0.6 is 0 Å². The number of aromatic nitrogens is 2. The van der Waals surface area contributed by atoms with Crippen molar-refractivity contribution in [3.8, 4) is 17.5 Å². The van der Waals surface area contributed by atoms with E-state index in [1.165, 1.54) is 0 Å². The van der Waals surface area contributed by atoms with E-state index in [0.717, 1.165) is 11.4 Å². The average molecular weight is 211 g/mol. The van der Waals surface area contributed by atoms with Gasteiger partial charge in [-0.25, -0.2) is 4.98 Å². The second-order valence-corrected chi connectivity index (χ2v) is 3.94. The van der Waals surface area contributed by atoms with Crippen LogP contribution in [-0.4, -0.2) is 9.55 Å². The molecule has 3 nitrogen and oxygen atoms in total. The smallest absolute Gasteiger partial charge is 0.140 e. The maximum atomic E-state index is 8.86. The number of rotatable bonds is 2. The zero-order chi connectivity index (χ0) is 11.5. The number of hydrogen-bond acceptors (Lipinski definition) is 2. The lowest BCUT2D eigenvalue weighted by Gasteiger charge is -2.11. The number of nitrogens with zero attached hydrogens (tertiary/aromatic N) is 3. The van der Waals surface area contributed by atoms with Crippen molar-refractivity contribution in [2.24, 2.45) is 0 Å². The molecule has 0 saturated carbocycles. The molecular weight excluding hydrogens is 198 g/mol. The van der Waals surface area contributed by atoms with Crippen molar-refractivity contribution in [1.29, 1.82) is 5.26 Å². The van der Waals surface area contributed by atoms with Gasteiger partial charge in [0.05, 0.1) is 11.6 Å². The van der Waals surface area contributed by atoms with E-state index in [1.54, 1.807) is 12.3 Å². The normalized spacial score (nSPS) is 10.4. The maximum Gasteiger partial charge on any atom is 0.140 e. The van der Waals surface area contributed by atoms with Crippen LogP contribution in [0.3, 0.4) is 0 Å². The van der Waals surface area contributed by atoms with Crippen LogP contribution in [0.25, 0.3) is 11.4 Å². The molecule has 2 rings (SSSR count). The predicted molar refractivity (Wildman–Crippen MR) is 62.8 cm³/mol. The highest BCUT2D eigenvalue weighted by Crippen LogP contribution is 2.21. The van der Waals surface area contributed by atoms with Crippen molar-refractivity contribution in [2.45, 2.75) is 19.9 Å². The van der Waals surface area contributed by atoms with Crippen LogP contribution in [0, 0.1) is 11.3 Å². The largest absolute Gasteiger partial charge is 0.328 e. The molecule has 0 saturated heterocycles. The van der Waals surface area contributed by atoms with Gasteiger partial charge in [0.1, 0.15) is 5.82 Å². The van der Waals surface area contributed by atoms with Gasteiger partial charge in [0.2, 0.25) is 0 Å². The summed E-state index contributed by atoms with van der Waals surface area (Å²) in [5.41, 5.74) is 1.65. The summed E-state index contributed by atoms with van der Waals surface area (Å²) < 4.78 is 2.09. The molecule has 0 aliphatic rings. The summed E-state index contributed by atoms with van der Waals surface area (Å²) in [7, 11) is 0. The average Bonchev–Trinajstić information content (AvgIpc) is 2.78. The Bertz CT molecular complexity index is 532. The van der Waals surface area contributed by atoms with E-state index in [4.69, 9.17) is 5.26 Å². The molecule has 0 aliphatic carbocycles. The molecule has 1 heterocycles. The van der Waals surface area contributed by atoms with E-state index in [2.05, 4.69) is 29.5 Å². The first-order valence-electron chi connectivity index (χ1n) is 5.25. The van der Waals surface area contributed by atoms with E-state index in [9.17, 15) is 0 Å². The van der Waals surface area contributed by atoms with Crippen molar-refractivity contribution >= 4 is 0 Å². The van der Waals surface area contributed by atoms with E-state index in [-0.39, 0.29) is 0 Å². The zero-order valence-corrected chi connectivity index (χ0v) is 9.38. The number of hydrogen-bond donors (Lipinski definition) is 0. The zero-order valence-electron chi connectivity index (χ0n) is 9.38. The molecule has 0 amide bonds. The Hall–Kier alpha value is -2.08. The maximum absolute atomic E-state index is 8.86. The fourth-order valence-electron chi connectivity index (χ4n) is 1.68. The minimum absolute atomic E-state index is 0.364. The van der Waals surface area contributed by atoms with Gasteiger partial charge < -0.3 is 4.57 Å². The van der Waals surface area contributed by atoms with Gasteiger partial charge >= 0.3 is 0 Å². The van der Waals surface area contributed by atoms with Crippen molar-refractivity contribution in [3.63, 3.8) is 0 Å². The highest BCUT2D eigenvalue weighted by molar-refractivity contribution is 5.58. The number of nitriles is 1. The first kappa shape index (κ1) is 10.4. The Morgan fingerprint density at radius 2 is 2.19 bits per heavy atom. The van der Waals surface area contributed by atoms with Crippen LogP contribution in [0.1, 0.15) is 25.5 Å². The van der Waals surface area contributed by atoms with Crippen molar-refractivity contribution in [2.75, 3.05) is 0 Å². The molecule has 0 N–H and O–H groups in total. The lowest BCUT2D eigenvalue weighted by molar-refractivity contribution is 0.606. The van der Waals surface area contributed by atoms with Gasteiger partial charge in [0.25, 0.3) is 0 Å². The molecule has 0 bridgehead atoms. The third-order valence-electron chi connectivity index (χ3n) is 2.47. The third-order valence-corrected chi connectivity index (χ3v) is 2.47. The first-order chi connectivity index (χ1) is 7.72. The Kier molecular flexibility index (Phi) is 2.74. The van der Waals surface area contributed by atoms with E-state index in [0.29, 0.717) is 11.6 Å². The summed E-state index contributed by atoms with van der Waals surface area (Å²) in [6, 6.07) is 10.0. The minimum Gasteiger partial charge on any atom is -0.328 e. The minimum atomic E-state index is 0.364. The SMILES string of the molecule is CC(C)n1ccnc1-c1cccc(C#N)c1. The quantitative estimate of drug-likeness (QED) is 0.766. The van der Waals surface area contributed by atoms with Gasteiger partial charge in [-0.1, -0.05) is 12.1 Å². The summed E-state index contributed by atoms with van der Waals surface area (Å²) >= 11 is 0. The van der Waals surface area contributed by atoms with Crippen LogP contribution in [0.5, 0.6) is 0 Å². The van der Waals surface area contributed by atoms with Crippen LogP contribution in [-0.2, 0) is 0 Å². The second kappa shape index (κ2) is 4.19. The van der Waals surface area contributed by atoms with Gasteiger partial charge in [-0.15, -0.1) is 0 Å². The van der Waals surface area contributed by atoms with Crippen LogP contribution in [0.4, 0.5) is 0 Å². The van der Waals surface area contributed by atoms with Gasteiger partial charge in [0, 0.05) is 24.0 Å². The molecule has 0 atom stereocenters. The number of imidazole rings is 1. The molecule has 0 radical (unpaired) electrons. The van der Waals surface area contributed by atoms with Crippen LogP contribution < -0.4 is 0 Å². The van der Waals surface area contributed by atoms with Crippen molar-refractivity contribution < 1.29 is 0 Å². The summed E-state index contributed by atoms with van der Waals surface area (Å²) in [5, 5.41) is 8.86. The predicted octanol–water partition coefficient (Wildman–Crippen LogP) is 3.00. The molecule has 0 unspecified atom stereocenters. The highest BCUT2D eigenvalue weighted by atomic mass is 15.1. The third kappa shape index (κ3) is 1.82. The molecule has 1 aromatic carbocycles. The van der Waals surface area contributed by atoms with Crippen LogP contribution in [0.15, 0.2) is 36.7 Å². The summed E-state index contributed by atoms with van der Waals surface area (Å²) in [4.78, 5) is 4.34. The molecule has 0 spiro atoms.